The zero-order valence-corrected chi connectivity index (χ0v) is 11.2. The van der Waals surface area contributed by atoms with E-state index in [4.69, 9.17) is 16.3 Å². The molecule has 0 saturated carbocycles. The van der Waals surface area contributed by atoms with Crippen LogP contribution in [0.1, 0.15) is 5.56 Å². The lowest BCUT2D eigenvalue weighted by molar-refractivity contribution is 0.194. The lowest BCUT2D eigenvalue weighted by atomic mass is 10.2. The molecule has 1 fully saturated rings. The van der Waals surface area contributed by atoms with E-state index in [-0.39, 0.29) is 0 Å². The molecular formula is C13H16ClN3O. The fraction of sp³-hybridized carbons (Fsp3) is 0.462. The van der Waals surface area contributed by atoms with Gasteiger partial charge < -0.3 is 14.5 Å². The van der Waals surface area contributed by atoms with Crippen molar-refractivity contribution in [3.05, 3.63) is 28.8 Å². The van der Waals surface area contributed by atoms with Crippen LogP contribution >= 0.6 is 11.6 Å². The SMILES string of the molecule is CN1CCN(C2=NCc3ccc(Cl)cc3O2)CC1. The molecule has 96 valence electrons. The van der Waals surface area contributed by atoms with Gasteiger partial charge in [-0.25, -0.2) is 4.99 Å². The monoisotopic (exact) mass is 265 g/mol. The van der Waals surface area contributed by atoms with Gasteiger partial charge in [0.15, 0.2) is 0 Å². The number of amidine groups is 1. The normalized spacial score (nSPS) is 20.1. The van der Waals surface area contributed by atoms with Gasteiger partial charge in [-0.05, 0) is 19.2 Å². The van der Waals surface area contributed by atoms with Gasteiger partial charge in [0.25, 0.3) is 6.02 Å². The van der Waals surface area contributed by atoms with E-state index in [1.54, 1.807) is 0 Å². The molecule has 0 atom stereocenters. The first-order chi connectivity index (χ1) is 8.72. The molecule has 2 aliphatic heterocycles. The standard InChI is InChI=1S/C13H16ClN3O/c1-16-4-6-17(7-5-16)13-15-9-10-2-3-11(14)8-12(10)18-13/h2-3,8H,4-7,9H2,1H3. The van der Waals surface area contributed by atoms with E-state index in [0.29, 0.717) is 11.6 Å². The minimum Gasteiger partial charge on any atom is -0.426 e. The van der Waals surface area contributed by atoms with Crippen molar-refractivity contribution in [3.63, 3.8) is 0 Å². The number of fused-ring (bicyclic) bond motifs is 1. The van der Waals surface area contributed by atoms with Crippen LogP contribution in [0, 0.1) is 0 Å². The summed E-state index contributed by atoms with van der Waals surface area (Å²) in [7, 11) is 2.13. The van der Waals surface area contributed by atoms with Gasteiger partial charge in [0.1, 0.15) is 5.75 Å². The van der Waals surface area contributed by atoms with E-state index in [0.717, 1.165) is 43.5 Å². The number of ether oxygens (including phenoxy) is 1. The zero-order chi connectivity index (χ0) is 12.5. The lowest BCUT2D eigenvalue weighted by Crippen LogP contribution is -2.49. The molecule has 0 unspecified atom stereocenters. The second-order valence-corrected chi connectivity index (χ2v) is 5.18. The second kappa shape index (κ2) is 4.78. The van der Waals surface area contributed by atoms with E-state index in [1.807, 2.05) is 18.2 Å². The fourth-order valence-electron chi connectivity index (χ4n) is 2.20. The first-order valence-electron chi connectivity index (χ1n) is 6.16. The summed E-state index contributed by atoms with van der Waals surface area (Å²) < 4.78 is 5.86. The molecule has 3 rings (SSSR count). The highest BCUT2D eigenvalue weighted by Gasteiger charge is 2.22. The molecule has 0 amide bonds. The molecule has 0 aliphatic carbocycles. The van der Waals surface area contributed by atoms with Gasteiger partial charge in [0, 0.05) is 36.8 Å². The molecule has 1 aromatic rings. The summed E-state index contributed by atoms with van der Waals surface area (Å²) >= 11 is 5.99. The number of piperazine rings is 1. The Bertz CT molecular complexity index is 481. The van der Waals surface area contributed by atoms with Crippen LogP contribution in [0.3, 0.4) is 0 Å². The largest absolute Gasteiger partial charge is 0.426 e. The molecule has 0 radical (unpaired) electrons. The highest BCUT2D eigenvalue weighted by atomic mass is 35.5. The number of hydrogen-bond donors (Lipinski definition) is 0. The van der Waals surface area contributed by atoms with E-state index in [1.165, 1.54) is 0 Å². The summed E-state index contributed by atoms with van der Waals surface area (Å²) in [5.74, 6) is 0.839. The van der Waals surface area contributed by atoms with Crippen molar-refractivity contribution in [2.24, 2.45) is 4.99 Å². The minimum absolute atomic E-state index is 0.675. The van der Waals surface area contributed by atoms with Gasteiger partial charge >= 0.3 is 0 Å². The molecule has 0 bridgehead atoms. The molecule has 18 heavy (non-hydrogen) atoms. The number of nitrogens with zero attached hydrogens (tertiary/aromatic N) is 3. The van der Waals surface area contributed by atoms with Gasteiger partial charge in [-0.1, -0.05) is 17.7 Å². The highest BCUT2D eigenvalue weighted by molar-refractivity contribution is 6.30. The van der Waals surface area contributed by atoms with Gasteiger partial charge in [-0.15, -0.1) is 0 Å². The third-order valence-corrected chi connectivity index (χ3v) is 3.62. The number of hydrogen-bond acceptors (Lipinski definition) is 4. The Morgan fingerprint density at radius 1 is 1.22 bits per heavy atom. The smallest absolute Gasteiger partial charge is 0.293 e. The fourth-order valence-corrected chi connectivity index (χ4v) is 2.36. The van der Waals surface area contributed by atoms with Crippen LogP contribution in [-0.4, -0.2) is 49.0 Å². The Morgan fingerprint density at radius 2 is 2.00 bits per heavy atom. The van der Waals surface area contributed by atoms with E-state index in [2.05, 4.69) is 21.8 Å². The maximum atomic E-state index is 5.99. The van der Waals surface area contributed by atoms with Crippen molar-refractivity contribution in [1.29, 1.82) is 0 Å². The van der Waals surface area contributed by atoms with Crippen molar-refractivity contribution < 1.29 is 4.74 Å². The van der Waals surface area contributed by atoms with Crippen molar-refractivity contribution in [2.45, 2.75) is 6.54 Å². The highest BCUT2D eigenvalue weighted by Crippen LogP contribution is 2.27. The van der Waals surface area contributed by atoms with E-state index < -0.39 is 0 Å². The molecule has 0 aromatic heterocycles. The minimum atomic E-state index is 0.675. The van der Waals surface area contributed by atoms with Crippen LogP contribution in [0.2, 0.25) is 5.02 Å². The maximum absolute atomic E-state index is 5.99. The van der Waals surface area contributed by atoms with Crippen LogP contribution in [0.15, 0.2) is 23.2 Å². The first kappa shape index (κ1) is 11.8. The summed E-state index contributed by atoms with van der Waals surface area (Å²) in [4.78, 5) is 9.02. The molecule has 0 spiro atoms. The number of aliphatic imine (C=N–C) groups is 1. The predicted octanol–water partition coefficient (Wildman–Crippen LogP) is 1.84. The summed E-state index contributed by atoms with van der Waals surface area (Å²) in [5.41, 5.74) is 1.09. The predicted molar refractivity (Wildman–Crippen MR) is 72.3 cm³/mol. The third-order valence-electron chi connectivity index (χ3n) is 3.39. The topological polar surface area (TPSA) is 28.1 Å². The van der Waals surface area contributed by atoms with E-state index >= 15 is 0 Å². The molecule has 1 saturated heterocycles. The number of halogens is 1. The van der Waals surface area contributed by atoms with Crippen molar-refractivity contribution >= 4 is 17.6 Å². The Morgan fingerprint density at radius 3 is 2.78 bits per heavy atom. The summed E-state index contributed by atoms with van der Waals surface area (Å²) in [5, 5.41) is 0.702. The van der Waals surface area contributed by atoms with Gasteiger partial charge in [0.05, 0.1) is 6.54 Å². The summed E-state index contributed by atoms with van der Waals surface area (Å²) in [6.45, 7) is 4.69. The molecule has 2 heterocycles. The summed E-state index contributed by atoms with van der Waals surface area (Å²) in [6.07, 6.45) is 0. The Kier molecular flexibility index (Phi) is 3.14. The molecule has 2 aliphatic rings. The first-order valence-corrected chi connectivity index (χ1v) is 6.54. The molecule has 4 nitrogen and oxygen atoms in total. The van der Waals surface area contributed by atoms with Crippen LogP contribution in [-0.2, 0) is 6.54 Å². The van der Waals surface area contributed by atoms with Crippen LogP contribution in [0.5, 0.6) is 5.75 Å². The Balaban J connectivity index is 1.75. The van der Waals surface area contributed by atoms with Crippen molar-refractivity contribution in [1.82, 2.24) is 9.80 Å². The van der Waals surface area contributed by atoms with Gasteiger partial charge in [-0.3, -0.25) is 0 Å². The van der Waals surface area contributed by atoms with Gasteiger partial charge in [-0.2, -0.15) is 0 Å². The van der Waals surface area contributed by atoms with Gasteiger partial charge in [0.2, 0.25) is 0 Å². The lowest BCUT2D eigenvalue weighted by Gasteiger charge is -2.34. The molecule has 1 aromatic carbocycles. The number of likely N-dealkylation sites (N-methyl/N-ethyl adjacent to an activating group) is 1. The molecule has 0 N–H and O–H groups in total. The molecule has 5 heteroatoms. The summed E-state index contributed by atoms with van der Waals surface area (Å²) in [6, 6.07) is 6.45. The van der Waals surface area contributed by atoms with Crippen molar-refractivity contribution in [2.75, 3.05) is 33.2 Å². The Hall–Kier alpha value is -1.26. The van der Waals surface area contributed by atoms with Crippen LogP contribution in [0.4, 0.5) is 0 Å². The zero-order valence-electron chi connectivity index (χ0n) is 10.4. The van der Waals surface area contributed by atoms with E-state index in [9.17, 15) is 0 Å². The number of rotatable bonds is 0. The average molecular weight is 266 g/mol. The third kappa shape index (κ3) is 2.31. The van der Waals surface area contributed by atoms with Crippen LogP contribution in [0.25, 0.3) is 0 Å². The van der Waals surface area contributed by atoms with Crippen molar-refractivity contribution in [3.8, 4) is 5.75 Å². The number of benzene rings is 1. The van der Waals surface area contributed by atoms with Crippen LogP contribution < -0.4 is 4.74 Å². The maximum Gasteiger partial charge on any atom is 0.293 e. The quantitative estimate of drug-likeness (QED) is 0.717. The Labute approximate surface area is 112 Å². The molecular weight excluding hydrogens is 250 g/mol. The second-order valence-electron chi connectivity index (χ2n) is 4.74. The average Bonchev–Trinajstić information content (AvgIpc) is 2.38.